The van der Waals surface area contributed by atoms with Crippen molar-refractivity contribution in [1.29, 1.82) is 0 Å². The number of hydrogen-bond donors (Lipinski definition) is 2. The van der Waals surface area contributed by atoms with E-state index in [1.165, 1.54) is 18.1 Å². The molecule has 2 rings (SSSR count). The highest BCUT2D eigenvalue weighted by Gasteiger charge is 2.17. The SMILES string of the molecule is CC(=O)Nc1cccc2c1CC[C@H](N)C2. The second-order valence-corrected chi connectivity index (χ2v) is 4.13. The van der Waals surface area contributed by atoms with Crippen LogP contribution in [0.15, 0.2) is 18.2 Å². The summed E-state index contributed by atoms with van der Waals surface area (Å²) >= 11 is 0. The molecule has 0 spiro atoms. The standard InChI is InChI=1S/C12H16N2O/c1-8(15)14-12-4-2-3-9-7-10(13)5-6-11(9)12/h2-4,10H,5-7,13H2,1H3,(H,14,15)/t10-/m0/s1. The molecule has 0 fully saturated rings. The molecule has 1 aromatic carbocycles. The molecular weight excluding hydrogens is 188 g/mol. The molecule has 1 amide bonds. The van der Waals surface area contributed by atoms with E-state index in [1.807, 2.05) is 12.1 Å². The molecule has 80 valence electrons. The summed E-state index contributed by atoms with van der Waals surface area (Å²) in [6.45, 7) is 1.54. The summed E-state index contributed by atoms with van der Waals surface area (Å²) in [5, 5.41) is 2.87. The third-order valence-corrected chi connectivity index (χ3v) is 2.83. The van der Waals surface area contributed by atoms with Gasteiger partial charge < -0.3 is 11.1 Å². The summed E-state index contributed by atoms with van der Waals surface area (Å²) in [4.78, 5) is 11.0. The number of benzene rings is 1. The zero-order valence-electron chi connectivity index (χ0n) is 8.92. The molecule has 0 aliphatic heterocycles. The van der Waals surface area contributed by atoms with Crippen LogP contribution in [0.3, 0.4) is 0 Å². The lowest BCUT2D eigenvalue weighted by Gasteiger charge is -2.23. The molecule has 0 saturated carbocycles. The number of fused-ring (bicyclic) bond motifs is 1. The molecule has 0 bridgehead atoms. The third-order valence-electron chi connectivity index (χ3n) is 2.83. The Hall–Kier alpha value is -1.35. The van der Waals surface area contributed by atoms with Gasteiger partial charge >= 0.3 is 0 Å². The fourth-order valence-corrected chi connectivity index (χ4v) is 2.14. The van der Waals surface area contributed by atoms with Gasteiger partial charge in [0, 0.05) is 18.7 Å². The average molecular weight is 204 g/mol. The van der Waals surface area contributed by atoms with Crippen molar-refractivity contribution in [1.82, 2.24) is 0 Å². The van der Waals surface area contributed by atoms with Crippen molar-refractivity contribution in [3.63, 3.8) is 0 Å². The van der Waals surface area contributed by atoms with Crippen molar-refractivity contribution < 1.29 is 4.79 Å². The van der Waals surface area contributed by atoms with Gasteiger partial charge in [0.05, 0.1) is 0 Å². The maximum absolute atomic E-state index is 11.0. The Labute approximate surface area is 89.7 Å². The molecule has 1 atom stereocenters. The number of rotatable bonds is 1. The molecule has 0 saturated heterocycles. The minimum absolute atomic E-state index is 0.0155. The van der Waals surface area contributed by atoms with Crippen molar-refractivity contribution in [3.05, 3.63) is 29.3 Å². The normalized spacial score (nSPS) is 19.5. The maximum Gasteiger partial charge on any atom is 0.221 e. The maximum atomic E-state index is 11.0. The number of carbonyl (C=O) groups excluding carboxylic acids is 1. The lowest BCUT2D eigenvalue weighted by Crippen LogP contribution is -2.28. The third kappa shape index (κ3) is 2.18. The molecule has 15 heavy (non-hydrogen) atoms. The van der Waals surface area contributed by atoms with Crippen LogP contribution in [0.25, 0.3) is 0 Å². The number of nitrogens with one attached hydrogen (secondary N) is 1. The van der Waals surface area contributed by atoms with Gasteiger partial charge in [-0.25, -0.2) is 0 Å². The molecule has 3 N–H and O–H groups in total. The van der Waals surface area contributed by atoms with Crippen molar-refractivity contribution in [3.8, 4) is 0 Å². The number of anilines is 1. The summed E-state index contributed by atoms with van der Waals surface area (Å²) in [7, 11) is 0. The predicted octanol–water partition coefficient (Wildman–Crippen LogP) is 1.46. The molecule has 1 aliphatic rings. The molecule has 0 heterocycles. The number of nitrogens with two attached hydrogens (primary N) is 1. The monoisotopic (exact) mass is 204 g/mol. The zero-order chi connectivity index (χ0) is 10.8. The topological polar surface area (TPSA) is 55.1 Å². The predicted molar refractivity (Wildman–Crippen MR) is 60.7 cm³/mol. The van der Waals surface area contributed by atoms with E-state index in [0.717, 1.165) is 24.9 Å². The van der Waals surface area contributed by atoms with Gasteiger partial charge in [-0.05, 0) is 36.5 Å². The van der Waals surface area contributed by atoms with Gasteiger partial charge in [0.2, 0.25) is 5.91 Å². The van der Waals surface area contributed by atoms with Crippen LogP contribution in [-0.2, 0) is 17.6 Å². The molecule has 0 aromatic heterocycles. The van der Waals surface area contributed by atoms with Gasteiger partial charge in [0.1, 0.15) is 0 Å². The second kappa shape index (κ2) is 4.03. The Kier molecular flexibility index (Phi) is 2.73. The quantitative estimate of drug-likeness (QED) is 0.727. The first-order valence-corrected chi connectivity index (χ1v) is 5.31. The Morgan fingerprint density at radius 2 is 2.33 bits per heavy atom. The van der Waals surface area contributed by atoms with Crippen molar-refractivity contribution in [2.24, 2.45) is 5.73 Å². The van der Waals surface area contributed by atoms with E-state index >= 15 is 0 Å². The lowest BCUT2D eigenvalue weighted by molar-refractivity contribution is -0.114. The van der Waals surface area contributed by atoms with Gasteiger partial charge in [0.15, 0.2) is 0 Å². The zero-order valence-corrected chi connectivity index (χ0v) is 8.92. The Morgan fingerprint density at radius 1 is 1.53 bits per heavy atom. The summed E-state index contributed by atoms with van der Waals surface area (Å²) in [5.41, 5.74) is 9.40. The van der Waals surface area contributed by atoms with E-state index in [-0.39, 0.29) is 11.9 Å². The van der Waals surface area contributed by atoms with Crippen LogP contribution in [0.1, 0.15) is 24.5 Å². The van der Waals surface area contributed by atoms with Crippen LogP contribution in [0.4, 0.5) is 5.69 Å². The first-order chi connectivity index (χ1) is 7.16. The summed E-state index contributed by atoms with van der Waals surface area (Å²) in [6, 6.07) is 6.30. The number of carbonyl (C=O) groups is 1. The first-order valence-electron chi connectivity index (χ1n) is 5.31. The summed E-state index contributed by atoms with van der Waals surface area (Å²) in [6.07, 6.45) is 2.89. The first kappa shape index (κ1) is 10.2. The van der Waals surface area contributed by atoms with Crippen LogP contribution in [0.5, 0.6) is 0 Å². The van der Waals surface area contributed by atoms with Gasteiger partial charge in [-0.2, -0.15) is 0 Å². The minimum Gasteiger partial charge on any atom is -0.327 e. The van der Waals surface area contributed by atoms with Gasteiger partial charge in [-0.3, -0.25) is 4.79 Å². The largest absolute Gasteiger partial charge is 0.327 e. The minimum atomic E-state index is -0.0155. The van der Waals surface area contributed by atoms with Crippen molar-refractivity contribution in [2.75, 3.05) is 5.32 Å². The van der Waals surface area contributed by atoms with E-state index < -0.39 is 0 Å². The van der Waals surface area contributed by atoms with Crippen LogP contribution in [0, 0.1) is 0 Å². The summed E-state index contributed by atoms with van der Waals surface area (Å²) in [5.74, 6) is -0.0155. The number of amides is 1. The van der Waals surface area contributed by atoms with E-state index in [1.54, 1.807) is 0 Å². The van der Waals surface area contributed by atoms with Crippen LogP contribution >= 0.6 is 0 Å². The molecule has 3 nitrogen and oxygen atoms in total. The molecule has 1 aliphatic carbocycles. The molecular formula is C12H16N2O. The lowest BCUT2D eigenvalue weighted by atomic mass is 9.87. The molecule has 3 heteroatoms. The molecule has 0 unspecified atom stereocenters. The van der Waals surface area contributed by atoms with Crippen LogP contribution in [0.2, 0.25) is 0 Å². The van der Waals surface area contributed by atoms with Crippen molar-refractivity contribution in [2.45, 2.75) is 32.2 Å². The van der Waals surface area contributed by atoms with E-state index in [9.17, 15) is 4.79 Å². The van der Waals surface area contributed by atoms with Gasteiger partial charge in [0.25, 0.3) is 0 Å². The van der Waals surface area contributed by atoms with Crippen LogP contribution < -0.4 is 11.1 Å². The Balaban J connectivity index is 2.33. The average Bonchev–Trinajstić information content (AvgIpc) is 2.16. The Morgan fingerprint density at radius 3 is 3.07 bits per heavy atom. The van der Waals surface area contributed by atoms with Gasteiger partial charge in [-0.1, -0.05) is 12.1 Å². The molecule has 0 radical (unpaired) electrons. The van der Waals surface area contributed by atoms with Crippen molar-refractivity contribution >= 4 is 11.6 Å². The molecule has 1 aromatic rings. The fourth-order valence-electron chi connectivity index (χ4n) is 2.14. The van der Waals surface area contributed by atoms with E-state index in [0.29, 0.717) is 0 Å². The van der Waals surface area contributed by atoms with Crippen LogP contribution in [-0.4, -0.2) is 11.9 Å². The highest BCUT2D eigenvalue weighted by molar-refractivity contribution is 5.89. The smallest absolute Gasteiger partial charge is 0.221 e. The second-order valence-electron chi connectivity index (χ2n) is 4.13. The van der Waals surface area contributed by atoms with E-state index in [4.69, 9.17) is 5.73 Å². The highest BCUT2D eigenvalue weighted by atomic mass is 16.1. The fraction of sp³-hybridized carbons (Fsp3) is 0.417. The van der Waals surface area contributed by atoms with E-state index in [2.05, 4.69) is 11.4 Å². The van der Waals surface area contributed by atoms with Gasteiger partial charge in [-0.15, -0.1) is 0 Å². The Bertz CT molecular complexity index is 387. The summed E-state index contributed by atoms with van der Waals surface area (Å²) < 4.78 is 0. The highest BCUT2D eigenvalue weighted by Crippen LogP contribution is 2.27. The number of hydrogen-bond acceptors (Lipinski definition) is 2.